The maximum absolute atomic E-state index is 10.4. The summed E-state index contributed by atoms with van der Waals surface area (Å²) >= 11 is 0. The first-order chi connectivity index (χ1) is 6.65. The summed E-state index contributed by atoms with van der Waals surface area (Å²) in [6, 6.07) is 7.13. The Balaban J connectivity index is 3.11. The summed E-state index contributed by atoms with van der Waals surface area (Å²) in [6.07, 6.45) is 0. The van der Waals surface area contributed by atoms with Crippen molar-refractivity contribution in [3.8, 4) is 5.75 Å². The van der Waals surface area contributed by atoms with Crippen molar-refractivity contribution in [1.29, 1.82) is 0 Å². The molecule has 0 aliphatic carbocycles. The molecule has 5 heteroatoms. The second kappa shape index (κ2) is 4.84. The second-order valence-corrected chi connectivity index (χ2v) is 3.30. The lowest BCUT2D eigenvalue weighted by Gasteiger charge is -2.04. The number of nitrogens with zero attached hydrogens (tertiary/aromatic N) is 1. The van der Waals surface area contributed by atoms with Crippen molar-refractivity contribution in [3.63, 3.8) is 0 Å². The zero-order valence-corrected chi connectivity index (χ0v) is 8.82. The van der Waals surface area contributed by atoms with E-state index in [4.69, 9.17) is 4.74 Å². The van der Waals surface area contributed by atoms with Gasteiger partial charge in [-0.15, -0.1) is 0 Å². The van der Waals surface area contributed by atoms with Gasteiger partial charge in [-0.05, 0) is 28.4 Å². The predicted molar refractivity (Wildman–Crippen MR) is 52.8 cm³/mol. The van der Waals surface area contributed by atoms with Crippen LogP contribution < -0.4 is 9.63 Å². The molecule has 0 heterocycles. The van der Waals surface area contributed by atoms with Crippen molar-refractivity contribution >= 4 is 13.9 Å². The molecule has 0 N–H and O–H groups in total. The van der Waals surface area contributed by atoms with E-state index in [1.165, 1.54) is 7.11 Å². The molecule has 74 valence electrons. The molecule has 4 nitrogen and oxygen atoms in total. The van der Waals surface area contributed by atoms with Gasteiger partial charge < -0.3 is 9.63 Å². The molecule has 1 unspecified atom stereocenters. The van der Waals surface area contributed by atoms with E-state index in [9.17, 15) is 9.46 Å². The quantitative estimate of drug-likeness (QED) is 0.562. The number of para-hydroxylation sites is 1. The molecule has 0 saturated carbocycles. The molecule has 0 aliphatic heterocycles. The first-order valence-electron chi connectivity index (χ1n) is 3.98. The van der Waals surface area contributed by atoms with Crippen LogP contribution in [0.4, 0.5) is 0 Å². The molecule has 0 radical (unpaired) electrons. The van der Waals surface area contributed by atoms with Crippen LogP contribution in [0.1, 0.15) is 12.5 Å². The average molecular weight is 211 g/mol. The van der Waals surface area contributed by atoms with Gasteiger partial charge in [0.1, 0.15) is 5.75 Å². The first kappa shape index (κ1) is 10.8. The van der Waals surface area contributed by atoms with Crippen LogP contribution in [0.3, 0.4) is 0 Å². The topological polar surface area (TPSA) is 61.7 Å². The van der Waals surface area contributed by atoms with E-state index in [1.807, 2.05) is 6.07 Å². The van der Waals surface area contributed by atoms with Crippen molar-refractivity contribution in [2.45, 2.75) is 6.92 Å². The summed E-state index contributed by atoms with van der Waals surface area (Å²) in [5.41, 5.74) is 1.12. The minimum absolute atomic E-state index is 0.429. The fraction of sp³-hybridized carbons (Fsp3) is 0.222. The summed E-state index contributed by atoms with van der Waals surface area (Å²) in [6.45, 7) is 1.63. The summed E-state index contributed by atoms with van der Waals surface area (Å²) < 4.78 is 18.9. The Morgan fingerprint density at radius 2 is 2.14 bits per heavy atom. The smallest absolute Gasteiger partial charge is 0.463 e. The maximum Gasteiger partial charge on any atom is 0.463 e. The van der Waals surface area contributed by atoms with Crippen LogP contribution in [0.2, 0.25) is 0 Å². The molecule has 0 bridgehead atoms. The monoisotopic (exact) mass is 211 g/mol. The molecular formula is C9H10NO3P. The molecule has 1 atom stereocenters. The standard InChI is InChI=1S/C9H10NO3P/c1-7(10-14(11)12)8-5-3-4-6-9(8)13-2/h3-6H,1-2H3/b10-7+. The summed E-state index contributed by atoms with van der Waals surface area (Å²) in [5, 5.41) is 0. The van der Waals surface area contributed by atoms with Gasteiger partial charge in [-0.1, -0.05) is 12.1 Å². The largest absolute Gasteiger partial charge is 0.572 e. The van der Waals surface area contributed by atoms with E-state index in [0.717, 1.165) is 0 Å². The summed E-state index contributed by atoms with van der Waals surface area (Å²) in [5.74, 6) is 0.616. The Morgan fingerprint density at radius 1 is 1.50 bits per heavy atom. The lowest BCUT2D eigenvalue weighted by Crippen LogP contribution is -1.99. The Kier molecular flexibility index (Phi) is 3.74. The fourth-order valence-electron chi connectivity index (χ4n) is 1.12. The third kappa shape index (κ3) is 2.62. The van der Waals surface area contributed by atoms with E-state index in [0.29, 0.717) is 17.0 Å². The van der Waals surface area contributed by atoms with Gasteiger partial charge in [-0.25, -0.2) is 0 Å². The minimum Gasteiger partial charge on any atom is -0.572 e. The molecule has 0 amide bonds. The summed E-state index contributed by atoms with van der Waals surface area (Å²) in [4.78, 5) is 10.4. The normalized spacial score (nSPS) is 12.5. The molecule has 0 aromatic heterocycles. The Bertz CT molecular complexity index is 376. The van der Waals surface area contributed by atoms with Crippen LogP contribution in [0.15, 0.2) is 29.0 Å². The van der Waals surface area contributed by atoms with Crippen LogP contribution >= 0.6 is 8.18 Å². The highest BCUT2D eigenvalue weighted by Crippen LogP contribution is 2.21. The number of ether oxygens (including phenoxy) is 1. The molecule has 14 heavy (non-hydrogen) atoms. The third-order valence-electron chi connectivity index (χ3n) is 1.73. The van der Waals surface area contributed by atoms with Gasteiger partial charge in [0.15, 0.2) is 0 Å². The van der Waals surface area contributed by atoms with E-state index in [1.54, 1.807) is 25.1 Å². The van der Waals surface area contributed by atoms with E-state index in [2.05, 4.69) is 4.76 Å². The van der Waals surface area contributed by atoms with Crippen molar-refractivity contribution in [3.05, 3.63) is 29.8 Å². The molecule has 0 fully saturated rings. The van der Waals surface area contributed by atoms with Gasteiger partial charge in [-0.2, -0.15) is 0 Å². The zero-order chi connectivity index (χ0) is 10.6. The third-order valence-corrected chi connectivity index (χ3v) is 2.19. The highest BCUT2D eigenvalue weighted by Gasteiger charge is 2.08. The highest BCUT2D eigenvalue weighted by atomic mass is 31.1. The van der Waals surface area contributed by atoms with Crippen molar-refractivity contribution in [2.75, 3.05) is 7.11 Å². The van der Waals surface area contributed by atoms with Crippen LogP contribution in [-0.2, 0) is 4.57 Å². The van der Waals surface area contributed by atoms with Gasteiger partial charge in [0.25, 0.3) is 0 Å². The first-order valence-corrected chi connectivity index (χ1v) is 5.11. The fourth-order valence-corrected chi connectivity index (χ4v) is 1.47. The molecule has 1 aromatic carbocycles. The Labute approximate surface area is 83.2 Å². The Morgan fingerprint density at radius 3 is 2.71 bits per heavy atom. The molecule has 0 saturated heterocycles. The second-order valence-electron chi connectivity index (χ2n) is 2.62. The molecule has 1 aromatic rings. The minimum atomic E-state index is -2.75. The van der Waals surface area contributed by atoms with Crippen molar-refractivity contribution in [2.24, 2.45) is 4.76 Å². The predicted octanol–water partition coefficient (Wildman–Crippen LogP) is 1.52. The Hall–Kier alpha value is -1.25. The zero-order valence-electron chi connectivity index (χ0n) is 7.93. The highest BCUT2D eigenvalue weighted by molar-refractivity contribution is 7.35. The van der Waals surface area contributed by atoms with Crippen LogP contribution in [0.25, 0.3) is 0 Å². The van der Waals surface area contributed by atoms with E-state index < -0.39 is 8.18 Å². The number of hydrogen-bond acceptors (Lipinski definition) is 3. The average Bonchev–Trinajstić information content (AvgIpc) is 2.16. The summed E-state index contributed by atoms with van der Waals surface area (Å²) in [7, 11) is -1.22. The van der Waals surface area contributed by atoms with Gasteiger partial charge in [0.05, 0.1) is 12.8 Å². The van der Waals surface area contributed by atoms with Crippen molar-refractivity contribution < 1.29 is 14.2 Å². The van der Waals surface area contributed by atoms with Crippen LogP contribution in [0.5, 0.6) is 5.75 Å². The lowest BCUT2D eigenvalue weighted by molar-refractivity contribution is -0.164. The molecule has 1 rings (SSSR count). The molecule has 0 spiro atoms. The SMILES string of the molecule is COc1ccccc1/C(C)=N/[P+](=O)[O-]. The number of methoxy groups -OCH3 is 1. The number of hydrogen-bond donors (Lipinski definition) is 0. The lowest BCUT2D eigenvalue weighted by atomic mass is 10.1. The van der Waals surface area contributed by atoms with Crippen LogP contribution in [0, 0.1) is 0 Å². The molecule has 0 aliphatic rings. The van der Waals surface area contributed by atoms with Crippen molar-refractivity contribution in [1.82, 2.24) is 0 Å². The number of benzene rings is 1. The number of rotatable bonds is 3. The van der Waals surface area contributed by atoms with Gasteiger partial charge in [0, 0.05) is 5.56 Å². The van der Waals surface area contributed by atoms with Gasteiger partial charge in [-0.3, -0.25) is 0 Å². The van der Waals surface area contributed by atoms with E-state index >= 15 is 0 Å². The van der Waals surface area contributed by atoms with Crippen LogP contribution in [-0.4, -0.2) is 12.8 Å². The van der Waals surface area contributed by atoms with Gasteiger partial charge in [0.2, 0.25) is 0 Å². The van der Waals surface area contributed by atoms with Gasteiger partial charge >= 0.3 is 8.18 Å². The molecular weight excluding hydrogens is 201 g/mol. The maximum atomic E-state index is 10.4. The van der Waals surface area contributed by atoms with E-state index in [-0.39, 0.29) is 0 Å².